The number of nitrogens with one attached hydrogen (secondary N) is 2. The highest BCUT2D eigenvalue weighted by Gasteiger charge is 2.29. The number of carbonyl (C=O) groups is 1. The maximum absolute atomic E-state index is 13.0. The third kappa shape index (κ3) is 1.87. The lowest BCUT2D eigenvalue weighted by molar-refractivity contribution is -0.118. The van der Waals surface area contributed by atoms with E-state index in [2.05, 4.69) is 10.6 Å². The van der Waals surface area contributed by atoms with E-state index in [1.807, 2.05) is 13.8 Å². The molecule has 1 aromatic rings. The molecule has 0 bridgehead atoms. The lowest BCUT2D eigenvalue weighted by atomic mass is 9.96. The summed E-state index contributed by atoms with van der Waals surface area (Å²) >= 11 is 0. The molecule has 2 N–H and O–H groups in total. The molecule has 0 unspecified atom stereocenters. The standard InChI is InChI=1S/C12H15FN2O/c1-3-7(2)11-12(16)15-9-5-4-8(13)6-10(9)14-11/h4-7,11,14H,3H2,1-2H3,(H,15,16)/t7-,11-/m0/s1. The summed E-state index contributed by atoms with van der Waals surface area (Å²) in [6.45, 7) is 4.03. The van der Waals surface area contributed by atoms with Gasteiger partial charge in [-0.25, -0.2) is 4.39 Å². The van der Waals surface area contributed by atoms with Crippen molar-refractivity contribution in [2.75, 3.05) is 10.6 Å². The van der Waals surface area contributed by atoms with Crippen LogP contribution < -0.4 is 10.6 Å². The van der Waals surface area contributed by atoms with Gasteiger partial charge in [0.15, 0.2) is 0 Å². The molecule has 1 amide bonds. The average molecular weight is 222 g/mol. The zero-order valence-electron chi connectivity index (χ0n) is 9.38. The lowest BCUT2D eigenvalue weighted by Gasteiger charge is -2.30. The zero-order valence-corrected chi connectivity index (χ0v) is 9.38. The molecule has 1 aliphatic heterocycles. The Bertz CT molecular complexity index is 419. The van der Waals surface area contributed by atoms with E-state index in [0.29, 0.717) is 11.4 Å². The van der Waals surface area contributed by atoms with Gasteiger partial charge < -0.3 is 10.6 Å². The molecule has 0 aromatic heterocycles. The van der Waals surface area contributed by atoms with Crippen LogP contribution in [0, 0.1) is 11.7 Å². The van der Waals surface area contributed by atoms with Crippen molar-refractivity contribution in [3.8, 4) is 0 Å². The Hall–Kier alpha value is -1.58. The second kappa shape index (κ2) is 4.12. The highest BCUT2D eigenvalue weighted by Crippen LogP contribution is 2.29. The van der Waals surface area contributed by atoms with E-state index in [1.54, 1.807) is 6.07 Å². The van der Waals surface area contributed by atoms with Gasteiger partial charge in [0.05, 0.1) is 11.4 Å². The third-order valence-corrected chi connectivity index (χ3v) is 3.05. The Morgan fingerprint density at radius 3 is 2.88 bits per heavy atom. The van der Waals surface area contributed by atoms with Crippen LogP contribution in [0.2, 0.25) is 0 Å². The zero-order chi connectivity index (χ0) is 11.7. The number of carbonyl (C=O) groups excluding carboxylic acids is 1. The summed E-state index contributed by atoms with van der Waals surface area (Å²) in [6, 6.07) is 4.04. The van der Waals surface area contributed by atoms with E-state index in [0.717, 1.165) is 6.42 Å². The summed E-state index contributed by atoms with van der Waals surface area (Å²) in [5.74, 6) is -0.129. The van der Waals surface area contributed by atoms with Crippen LogP contribution in [0.4, 0.5) is 15.8 Å². The molecule has 1 heterocycles. The Labute approximate surface area is 94.0 Å². The van der Waals surface area contributed by atoms with Crippen LogP contribution in [0.25, 0.3) is 0 Å². The molecule has 4 heteroatoms. The van der Waals surface area contributed by atoms with Crippen LogP contribution >= 0.6 is 0 Å². The predicted octanol–water partition coefficient (Wildman–Crippen LogP) is 2.60. The molecule has 0 spiro atoms. The van der Waals surface area contributed by atoms with Crippen molar-refractivity contribution in [1.29, 1.82) is 0 Å². The maximum Gasteiger partial charge on any atom is 0.247 e. The number of rotatable bonds is 2. The summed E-state index contributed by atoms with van der Waals surface area (Å²) in [4.78, 5) is 11.8. The second-order valence-electron chi connectivity index (χ2n) is 4.19. The molecule has 1 aliphatic rings. The maximum atomic E-state index is 13.0. The van der Waals surface area contributed by atoms with E-state index in [1.165, 1.54) is 12.1 Å². The van der Waals surface area contributed by atoms with E-state index in [-0.39, 0.29) is 23.7 Å². The van der Waals surface area contributed by atoms with Gasteiger partial charge in [-0.2, -0.15) is 0 Å². The lowest BCUT2D eigenvalue weighted by Crippen LogP contribution is -2.43. The van der Waals surface area contributed by atoms with Crippen molar-refractivity contribution in [1.82, 2.24) is 0 Å². The monoisotopic (exact) mass is 222 g/mol. The largest absolute Gasteiger partial charge is 0.372 e. The van der Waals surface area contributed by atoms with Crippen LogP contribution in [0.5, 0.6) is 0 Å². The molecule has 2 rings (SSSR count). The van der Waals surface area contributed by atoms with Crippen molar-refractivity contribution < 1.29 is 9.18 Å². The van der Waals surface area contributed by atoms with Crippen molar-refractivity contribution in [3.63, 3.8) is 0 Å². The molecule has 0 saturated heterocycles. The van der Waals surface area contributed by atoms with Crippen molar-refractivity contribution >= 4 is 17.3 Å². The highest BCUT2D eigenvalue weighted by molar-refractivity contribution is 6.03. The van der Waals surface area contributed by atoms with Crippen LogP contribution in [-0.2, 0) is 4.79 Å². The van der Waals surface area contributed by atoms with Gasteiger partial charge in [0, 0.05) is 0 Å². The van der Waals surface area contributed by atoms with Crippen molar-refractivity contribution in [2.45, 2.75) is 26.3 Å². The van der Waals surface area contributed by atoms with Gasteiger partial charge in [0.25, 0.3) is 0 Å². The minimum absolute atomic E-state index is 0.0477. The van der Waals surface area contributed by atoms with Gasteiger partial charge in [-0.1, -0.05) is 20.3 Å². The Morgan fingerprint density at radius 2 is 2.19 bits per heavy atom. The van der Waals surface area contributed by atoms with Crippen LogP contribution in [0.1, 0.15) is 20.3 Å². The summed E-state index contributed by atoms with van der Waals surface area (Å²) in [5.41, 5.74) is 1.30. The predicted molar refractivity (Wildman–Crippen MR) is 61.9 cm³/mol. The fourth-order valence-electron chi connectivity index (χ4n) is 1.82. The molecule has 0 aliphatic carbocycles. The topological polar surface area (TPSA) is 41.1 Å². The van der Waals surface area contributed by atoms with Gasteiger partial charge in [-0.15, -0.1) is 0 Å². The number of fused-ring (bicyclic) bond motifs is 1. The van der Waals surface area contributed by atoms with E-state index >= 15 is 0 Å². The molecule has 3 nitrogen and oxygen atoms in total. The quantitative estimate of drug-likeness (QED) is 0.807. The first kappa shape index (κ1) is 10.9. The molecule has 0 saturated carbocycles. The van der Waals surface area contributed by atoms with Crippen LogP contribution in [0.3, 0.4) is 0 Å². The number of hydrogen-bond donors (Lipinski definition) is 2. The summed E-state index contributed by atoms with van der Waals surface area (Å²) in [7, 11) is 0. The molecule has 16 heavy (non-hydrogen) atoms. The van der Waals surface area contributed by atoms with Crippen LogP contribution in [-0.4, -0.2) is 11.9 Å². The number of hydrogen-bond acceptors (Lipinski definition) is 2. The first-order valence-corrected chi connectivity index (χ1v) is 5.48. The molecular weight excluding hydrogens is 207 g/mol. The minimum Gasteiger partial charge on any atom is -0.372 e. The normalized spacial score (nSPS) is 20.7. The Balaban J connectivity index is 2.29. The molecule has 0 fully saturated rings. The second-order valence-corrected chi connectivity index (χ2v) is 4.19. The molecule has 2 atom stereocenters. The summed E-state index contributed by atoms with van der Waals surface area (Å²) in [5, 5.41) is 5.87. The van der Waals surface area contributed by atoms with E-state index in [9.17, 15) is 9.18 Å². The summed E-state index contributed by atoms with van der Waals surface area (Å²) in [6.07, 6.45) is 0.899. The third-order valence-electron chi connectivity index (χ3n) is 3.05. The van der Waals surface area contributed by atoms with E-state index in [4.69, 9.17) is 0 Å². The smallest absolute Gasteiger partial charge is 0.247 e. The fraction of sp³-hybridized carbons (Fsp3) is 0.417. The number of amides is 1. The van der Waals surface area contributed by atoms with Crippen LogP contribution in [0.15, 0.2) is 18.2 Å². The van der Waals surface area contributed by atoms with Gasteiger partial charge in [0.1, 0.15) is 11.9 Å². The van der Waals surface area contributed by atoms with E-state index < -0.39 is 0 Å². The number of halogens is 1. The summed E-state index contributed by atoms with van der Waals surface area (Å²) < 4.78 is 13.0. The molecular formula is C12H15FN2O. The fourth-order valence-corrected chi connectivity index (χ4v) is 1.82. The van der Waals surface area contributed by atoms with Crippen molar-refractivity contribution in [2.24, 2.45) is 5.92 Å². The minimum atomic E-state index is -0.301. The first-order valence-electron chi connectivity index (χ1n) is 5.48. The molecule has 1 aromatic carbocycles. The molecule has 86 valence electrons. The number of benzene rings is 1. The Kier molecular flexibility index (Phi) is 2.81. The SMILES string of the molecule is CC[C@H](C)[C@@H]1Nc2cc(F)ccc2NC1=O. The average Bonchev–Trinajstić information content (AvgIpc) is 2.28. The Morgan fingerprint density at radius 1 is 1.44 bits per heavy atom. The number of anilines is 2. The highest BCUT2D eigenvalue weighted by atomic mass is 19.1. The van der Waals surface area contributed by atoms with Gasteiger partial charge >= 0.3 is 0 Å². The van der Waals surface area contributed by atoms with Gasteiger partial charge in [-0.05, 0) is 24.1 Å². The first-order chi connectivity index (χ1) is 7.61. The molecule has 0 radical (unpaired) electrons. The van der Waals surface area contributed by atoms with Crippen molar-refractivity contribution in [3.05, 3.63) is 24.0 Å². The van der Waals surface area contributed by atoms with Gasteiger partial charge in [0.2, 0.25) is 5.91 Å². The van der Waals surface area contributed by atoms with Gasteiger partial charge in [-0.3, -0.25) is 4.79 Å².